The second kappa shape index (κ2) is 7.36. The lowest BCUT2D eigenvalue weighted by molar-refractivity contribution is 0.0951. The smallest absolute Gasteiger partial charge is 0.254 e. The van der Waals surface area contributed by atoms with E-state index in [0.717, 1.165) is 17.1 Å². The van der Waals surface area contributed by atoms with Gasteiger partial charge in [0.05, 0.1) is 17.4 Å². The first-order valence-corrected chi connectivity index (χ1v) is 8.12. The zero-order valence-corrected chi connectivity index (χ0v) is 14.7. The van der Waals surface area contributed by atoms with Gasteiger partial charge in [0.25, 0.3) is 5.91 Å². The number of pyridine rings is 1. The lowest BCUT2D eigenvalue weighted by Gasteiger charge is -2.15. The molecule has 6 nitrogen and oxygen atoms in total. The van der Waals surface area contributed by atoms with E-state index in [-0.39, 0.29) is 5.91 Å². The molecule has 7 heteroatoms. The minimum absolute atomic E-state index is 0.186. The van der Waals surface area contributed by atoms with E-state index in [1.54, 1.807) is 35.4 Å². The van der Waals surface area contributed by atoms with E-state index in [4.69, 9.17) is 11.6 Å². The molecule has 1 amide bonds. The van der Waals surface area contributed by atoms with E-state index < -0.39 is 0 Å². The minimum Gasteiger partial charge on any atom is -0.362 e. The van der Waals surface area contributed by atoms with Gasteiger partial charge in [-0.15, -0.1) is 0 Å². The SMILES string of the molecule is CN(C)c1ncccc1CNC(=O)c1cnn(-c2ccc(Cl)cc2)c1. The number of carbonyl (C=O) groups excluding carboxylic acids is 1. The molecule has 0 aliphatic rings. The number of halogens is 1. The Morgan fingerprint density at radius 1 is 1.24 bits per heavy atom. The second-order valence-corrected chi connectivity index (χ2v) is 6.15. The van der Waals surface area contributed by atoms with Crippen LogP contribution in [0.1, 0.15) is 15.9 Å². The Morgan fingerprint density at radius 2 is 2.00 bits per heavy atom. The third kappa shape index (κ3) is 3.97. The highest BCUT2D eigenvalue weighted by Gasteiger charge is 2.11. The summed E-state index contributed by atoms with van der Waals surface area (Å²) >= 11 is 5.89. The maximum atomic E-state index is 12.4. The molecule has 0 spiro atoms. The second-order valence-electron chi connectivity index (χ2n) is 5.71. The van der Waals surface area contributed by atoms with E-state index >= 15 is 0 Å². The fourth-order valence-corrected chi connectivity index (χ4v) is 2.55. The first kappa shape index (κ1) is 17.0. The fraction of sp³-hybridized carbons (Fsp3) is 0.167. The van der Waals surface area contributed by atoms with Gasteiger partial charge in [0, 0.05) is 43.6 Å². The summed E-state index contributed by atoms with van der Waals surface area (Å²) in [5.41, 5.74) is 2.28. The Balaban J connectivity index is 1.69. The van der Waals surface area contributed by atoms with E-state index in [1.807, 2.05) is 43.3 Å². The number of anilines is 1. The number of benzene rings is 1. The van der Waals surface area contributed by atoms with Crippen LogP contribution in [0.15, 0.2) is 55.0 Å². The van der Waals surface area contributed by atoms with Crippen molar-refractivity contribution in [1.82, 2.24) is 20.1 Å². The summed E-state index contributed by atoms with van der Waals surface area (Å²) < 4.78 is 1.64. The summed E-state index contributed by atoms with van der Waals surface area (Å²) in [4.78, 5) is 18.6. The Morgan fingerprint density at radius 3 is 2.72 bits per heavy atom. The molecule has 2 aromatic heterocycles. The number of nitrogens with one attached hydrogen (secondary N) is 1. The van der Waals surface area contributed by atoms with Crippen molar-refractivity contribution in [3.63, 3.8) is 0 Å². The quantitative estimate of drug-likeness (QED) is 0.764. The van der Waals surface area contributed by atoms with Gasteiger partial charge >= 0.3 is 0 Å². The topological polar surface area (TPSA) is 63.1 Å². The maximum absolute atomic E-state index is 12.4. The molecule has 0 unspecified atom stereocenters. The van der Waals surface area contributed by atoms with Crippen LogP contribution in [0, 0.1) is 0 Å². The van der Waals surface area contributed by atoms with Crippen LogP contribution in [-0.4, -0.2) is 34.8 Å². The number of rotatable bonds is 5. The monoisotopic (exact) mass is 355 g/mol. The largest absolute Gasteiger partial charge is 0.362 e. The van der Waals surface area contributed by atoms with Gasteiger partial charge in [0.1, 0.15) is 5.82 Å². The molecule has 0 bridgehead atoms. The minimum atomic E-state index is -0.186. The molecular formula is C18H18ClN5O. The third-order valence-corrected chi connectivity index (χ3v) is 3.92. The summed E-state index contributed by atoms with van der Waals surface area (Å²) in [7, 11) is 3.84. The normalized spacial score (nSPS) is 10.5. The van der Waals surface area contributed by atoms with Crippen LogP contribution >= 0.6 is 11.6 Å². The van der Waals surface area contributed by atoms with Gasteiger partial charge in [0.2, 0.25) is 0 Å². The van der Waals surface area contributed by atoms with Crippen molar-refractivity contribution in [3.8, 4) is 5.69 Å². The van der Waals surface area contributed by atoms with Crippen molar-refractivity contribution in [2.75, 3.05) is 19.0 Å². The first-order valence-electron chi connectivity index (χ1n) is 7.74. The van der Waals surface area contributed by atoms with Crippen molar-refractivity contribution >= 4 is 23.3 Å². The van der Waals surface area contributed by atoms with Gasteiger partial charge in [-0.1, -0.05) is 17.7 Å². The predicted octanol–water partition coefficient (Wildman–Crippen LogP) is 2.92. The number of nitrogens with zero attached hydrogens (tertiary/aromatic N) is 4. The molecule has 128 valence electrons. The molecule has 1 N–H and O–H groups in total. The number of carbonyl (C=O) groups is 1. The molecule has 25 heavy (non-hydrogen) atoms. The maximum Gasteiger partial charge on any atom is 0.254 e. The van der Waals surface area contributed by atoms with Crippen LogP contribution in [0.2, 0.25) is 5.02 Å². The Labute approximate surface area is 151 Å². The van der Waals surface area contributed by atoms with Gasteiger partial charge in [-0.2, -0.15) is 5.10 Å². The molecule has 0 atom stereocenters. The van der Waals surface area contributed by atoms with E-state index in [0.29, 0.717) is 17.1 Å². The predicted molar refractivity (Wildman–Crippen MR) is 98.3 cm³/mol. The molecule has 0 saturated carbocycles. The van der Waals surface area contributed by atoms with Crippen molar-refractivity contribution < 1.29 is 4.79 Å². The van der Waals surface area contributed by atoms with Gasteiger partial charge in [-0.25, -0.2) is 9.67 Å². The van der Waals surface area contributed by atoms with Crippen LogP contribution < -0.4 is 10.2 Å². The Bertz CT molecular complexity index is 873. The average Bonchev–Trinajstić information content (AvgIpc) is 3.10. The number of hydrogen-bond donors (Lipinski definition) is 1. The first-order chi connectivity index (χ1) is 12.0. The van der Waals surface area contributed by atoms with Crippen LogP contribution in [0.5, 0.6) is 0 Å². The third-order valence-electron chi connectivity index (χ3n) is 3.67. The van der Waals surface area contributed by atoms with Crippen molar-refractivity contribution in [3.05, 3.63) is 71.1 Å². The summed E-state index contributed by atoms with van der Waals surface area (Å²) in [6.07, 6.45) is 4.96. The molecule has 3 rings (SSSR count). The van der Waals surface area contributed by atoms with Gasteiger partial charge in [-0.3, -0.25) is 4.79 Å². The van der Waals surface area contributed by atoms with Crippen molar-refractivity contribution in [2.45, 2.75) is 6.54 Å². The molecule has 1 aromatic carbocycles. The highest BCUT2D eigenvalue weighted by Crippen LogP contribution is 2.15. The number of aromatic nitrogens is 3. The van der Waals surface area contributed by atoms with Gasteiger partial charge in [-0.05, 0) is 30.3 Å². The molecule has 0 radical (unpaired) electrons. The van der Waals surface area contributed by atoms with Crippen molar-refractivity contribution in [2.24, 2.45) is 0 Å². The molecule has 0 aliphatic heterocycles. The summed E-state index contributed by atoms with van der Waals surface area (Å²) in [6, 6.07) is 11.0. The van der Waals surface area contributed by atoms with Crippen LogP contribution in [-0.2, 0) is 6.54 Å². The standard InChI is InChI=1S/C18H18ClN5O/c1-23(2)17-13(4-3-9-20-17)10-21-18(25)14-11-22-24(12-14)16-7-5-15(19)6-8-16/h3-9,11-12H,10H2,1-2H3,(H,21,25). The van der Waals surface area contributed by atoms with E-state index in [2.05, 4.69) is 15.4 Å². The zero-order valence-electron chi connectivity index (χ0n) is 14.0. The Kier molecular flexibility index (Phi) is 5.00. The average molecular weight is 356 g/mol. The van der Waals surface area contributed by atoms with Gasteiger partial charge in [0.15, 0.2) is 0 Å². The lowest BCUT2D eigenvalue weighted by atomic mass is 10.2. The summed E-state index contributed by atoms with van der Waals surface area (Å²) in [5, 5.41) is 7.79. The molecular weight excluding hydrogens is 338 g/mol. The highest BCUT2D eigenvalue weighted by atomic mass is 35.5. The van der Waals surface area contributed by atoms with Crippen LogP contribution in [0.25, 0.3) is 5.69 Å². The van der Waals surface area contributed by atoms with Crippen molar-refractivity contribution in [1.29, 1.82) is 0 Å². The number of amides is 1. The van der Waals surface area contributed by atoms with Crippen LogP contribution in [0.3, 0.4) is 0 Å². The highest BCUT2D eigenvalue weighted by molar-refractivity contribution is 6.30. The zero-order chi connectivity index (χ0) is 17.8. The molecule has 0 saturated heterocycles. The summed E-state index contributed by atoms with van der Waals surface area (Å²) in [6.45, 7) is 0.395. The molecule has 0 aliphatic carbocycles. The van der Waals surface area contributed by atoms with E-state index in [1.165, 1.54) is 0 Å². The van der Waals surface area contributed by atoms with Gasteiger partial charge < -0.3 is 10.2 Å². The molecule has 0 fully saturated rings. The molecule has 2 heterocycles. The van der Waals surface area contributed by atoms with E-state index in [9.17, 15) is 4.79 Å². The fourth-order valence-electron chi connectivity index (χ4n) is 2.42. The Hall–Kier alpha value is -2.86. The molecule has 3 aromatic rings. The van der Waals surface area contributed by atoms with Crippen LogP contribution in [0.4, 0.5) is 5.82 Å². The lowest BCUT2D eigenvalue weighted by Crippen LogP contribution is -2.24. The summed E-state index contributed by atoms with van der Waals surface area (Å²) in [5.74, 6) is 0.647. The number of hydrogen-bond acceptors (Lipinski definition) is 4.